The third-order valence-electron chi connectivity index (χ3n) is 6.82. The topological polar surface area (TPSA) is 97.2 Å². The number of imidazole rings is 1. The number of carbonyl (C=O) groups excluding carboxylic acids is 1. The Kier molecular flexibility index (Phi) is 6.21. The predicted molar refractivity (Wildman–Crippen MR) is 144 cm³/mol. The monoisotopic (exact) mass is 497 g/mol. The number of rotatable bonds is 7. The zero-order valence-corrected chi connectivity index (χ0v) is 21.1. The van der Waals surface area contributed by atoms with E-state index >= 15 is 0 Å². The van der Waals surface area contributed by atoms with Gasteiger partial charge in [0.15, 0.2) is 17.0 Å². The Morgan fingerprint density at radius 1 is 1.00 bits per heavy atom. The van der Waals surface area contributed by atoms with E-state index < -0.39 is 0 Å². The summed E-state index contributed by atoms with van der Waals surface area (Å²) >= 11 is 0. The molecule has 3 heterocycles. The van der Waals surface area contributed by atoms with E-state index in [1.54, 1.807) is 6.33 Å². The number of anilines is 3. The molecule has 2 aromatic heterocycles. The van der Waals surface area contributed by atoms with E-state index in [0.717, 1.165) is 61.9 Å². The Morgan fingerprint density at radius 3 is 2.41 bits per heavy atom. The molecule has 1 amide bonds. The van der Waals surface area contributed by atoms with Gasteiger partial charge >= 0.3 is 0 Å². The lowest BCUT2D eigenvalue weighted by Crippen LogP contribution is -2.36. The summed E-state index contributed by atoms with van der Waals surface area (Å²) in [7, 11) is 0. The highest BCUT2D eigenvalue weighted by molar-refractivity contribution is 5.95. The van der Waals surface area contributed by atoms with Crippen molar-refractivity contribution in [1.82, 2.24) is 24.8 Å². The van der Waals surface area contributed by atoms with Gasteiger partial charge in [0.2, 0.25) is 0 Å². The molecule has 4 aromatic rings. The summed E-state index contributed by atoms with van der Waals surface area (Å²) in [5.41, 5.74) is 5.18. The largest absolute Gasteiger partial charge is 0.378 e. The molecule has 9 heteroatoms. The summed E-state index contributed by atoms with van der Waals surface area (Å²) in [6.07, 6.45) is 3.71. The highest BCUT2D eigenvalue weighted by Gasteiger charge is 2.24. The summed E-state index contributed by atoms with van der Waals surface area (Å²) < 4.78 is 7.58. The quantitative estimate of drug-likeness (QED) is 0.387. The molecule has 2 aliphatic rings. The van der Waals surface area contributed by atoms with Gasteiger partial charge in [0.1, 0.15) is 12.2 Å². The predicted octanol–water partition coefficient (Wildman–Crippen LogP) is 4.55. The Hall–Kier alpha value is -3.98. The highest BCUT2D eigenvalue weighted by Crippen LogP contribution is 2.31. The molecule has 37 heavy (non-hydrogen) atoms. The zero-order valence-electron chi connectivity index (χ0n) is 21.1. The van der Waals surface area contributed by atoms with Crippen LogP contribution in [0.15, 0.2) is 54.9 Å². The van der Waals surface area contributed by atoms with Crippen LogP contribution in [0.3, 0.4) is 0 Å². The van der Waals surface area contributed by atoms with E-state index in [1.807, 2.05) is 24.3 Å². The normalized spacial score (nSPS) is 15.8. The molecule has 1 saturated carbocycles. The maximum absolute atomic E-state index is 12.4. The second kappa shape index (κ2) is 9.82. The Morgan fingerprint density at radius 2 is 1.73 bits per heavy atom. The third-order valence-corrected chi connectivity index (χ3v) is 6.82. The number of fused-ring (bicyclic) bond motifs is 1. The summed E-state index contributed by atoms with van der Waals surface area (Å²) in [5, 5.41) is 6.47. The van der Waals surface area contributed by atoms with Gasteiger partial charge in [-0.25, -0.2) is 15.0 Å². The Balaban J connectivity index is 1.29. The van der Waals surface area contributed by atoms with Gasteiger partial charge < -0.3 is 24.8 Å². The Bertz CT molecular complexity index is 1400. The van der Waals surface area contributed by atoms with Gasteiger partial charge in [-0.15, -0.1) is 0 Å². The van der Waals surface area contributed by atoms with E-state index in [-0.39, 0.29) is 11.9 Å². The fourth-order valence-corrected chi connectivity index (χ4v) is 4.67. The fraction of sp³-hybridized carbons (Fsp3) is 0.357. The van der Waals surface area contributed by atoms with Crippen molar-refractivity contribution in [3.8, 4) is 11.4 Å². The molecule has 1 aliphatic heterocycles. The fourth-order valence-electron chi connectivity index (χ4n) is 4.67. The average Bonchev–Trinajstić information content (AvgIpc) is 3.65. The SMILES string of the molecule is CC(C)n1c(-c2ccc(C(=O)NC3CC3)cc2)nc2c(Nc3ccc(N4CCOCC4)cc3)ncnc21. The van der Waals surface area contributed by atoms with Crippen molar-refractivity contribution in [3.05, 3.63) is 60.4 Å². The van der Waals surface area contributed by atoms with Crippen LogP contribution < -0.4 is 15.5 Å². The average molecular weight is 498 g/mol. The highest BCUT2D eigenvalue weighted by atomic mass is 16.5. The molecule has 2 aromatic carbocycles. The van der Waals surface area contributed by atoms with Gasteiger partial charge in [-0.3, -0.25) is 4.79 Å². The lowest BCUT2D eigenvalue weighted by molar-refractivity contribution is 0.0951. The molecule has 1 saturated heterocycles. The summed E-state index contributed by atoms with van der Waals surface area (Å²) in [5.74, 6) is 1.43. The second-order valence-corrected chi connectivity index (χ2v) is 9.89. The van der Waals surface area contributed by atoms with Crippen LogP contribution in [-0.4, -0.2) is 57.8 Å². The number of amides is 1. The summed E-state index contributed by atoms with van der Waals surface area (Å²) in [6.45, 7) is 7.55. The standard InChI is InChI=1S/C28H31N7O2/c1-18(2)35-26(19-3-5-20(6-4-19)28(36)32-22-7-8-22)33-24-25(29-17-30-27(24)35)31-21-9-11-23(12-10-21)34-13-15-37-16-14-34/h3-6,9-12,17-18,22H,7-8,13-16H2,1-2H3,(H,32,36)(H,29,30,31). The number of nitrogens with one attached hydrogen (secondary N) is 2. The van der Waals surface area contributed by atoms with E-state index in [9.17, 15) is 4.79 Å². The number of hydrogen-bond acceptors (Lipinski definition) is 7. The van der Waals surface area contributed by atoms with E-state index in [4.69, 9.17) is 9.72 Å². The molecule has 9 nitrogen and oxygen atoms in total. The molecule has 0 atom stereocenters. The van der Waals surface area contributed by atoms with Crippen LogP contribution in [0.25, 0.3) is 22.6 Å². The molecular formula is C28H31N7O2. The first-order valence-electron chi connectivity index (χ1n) is 12.9. The van der Waals surface area contributed by atoms with Gasteiger partial charge in [0, 0.05) is 47.7 Å². The van der Waals surface area contributed by atoms with Crippen LogP contribution in [-0.2, 0) is 4.74 Å². The zero-order chi connectivity index (χ0) is 25.4. The molecule has 0 bridgehead atoms. The summed E-state index contributed by atoms with van der Waals surface area (Å²) in [4.78, 5) is 28.8. The van der Waals surface area contributed by atoms with Gasteiger partial charge in [0.05, 0.1) is 13.2 Å². The minimum atomic E-state index is -0.0246. The van der Waals surface area contributed by atoms with E-state index in [2.05, 4.69) is 68.2 Å². The maximum Gasteiger partial charge on any atom is 0.251 e. The molecule has 0 spiro atoms. The van der Waals surface area contributed by atoms with Gasteiger partial charge in [-0.1, -0.05) is 12.1 Å². The van der Waals surface area contributed by atoms with Crippen molar-refractivity contribution in [2.75, 3.05) is 36.5 Å². The number of aromatic nitrogens is 4. The van der Waals surface area contributed by atoms with Crippen LogP contribution in [0.4, 0.5) is 17.2 Å². The maximum atomic E-state index is 12.4. The minimum Gasteiger partial charge on any atom is -0.378 e. The van der Waals surface area contributed by atoms with Crippen molar-refractivity contribution in [1.29, 1.82) is 0 Å². The number of morpholine rings is 1. The van der Waals surface area contributed by atoms with Crippen LogP contribution >= 0.6 is 0 Å². The first kappa shape index (κ1) is 23.4. The molecule has 0 radical (unpaired) electrons. The number of ether oxygens (including phenoxy) is 1. The van der Waals surface area contributed by atoms with Crippen molar-refractivity contribution in [3.63, 3.8) is 0 Å². The van der Waals surface area contributed by atoms with Crippen molar-refractivity contribution >= 4 is 34.3 Å². The second-order valence-electron chi connectivity index (χ2n) is 9.89. The number of hydrogen-bond donors (Lipinski definition) is 2. The van der Waals surface area contributed by atoms with Crippen molar-refractivity contribution in [2.24, 2.45) is 0 Å². The smallest absolute Gasteiger partial charge is 0.251 e. The van der Waals surface area contributed by atoms with E-state index in [1.165, 1.54) is 5.69 Å². The van der Waals surface area contributed by atoms with Crippen LogP contribution in [0, 0.1) is 0 Å². The molecule has 2 N–H and O–H groups in total. The van der Waals surface area contributed by atoms with Crippen LogP contribution in [0.1, 0.15) is 43.1 Å². The molecule has 1 aliphatic carbocycles. The van der Waals surface area contributed by atoms with Gasteiger partial charge in [0.25, 0.3) is 5.91 Å². The van der Waals surface area contributed by atoms with Gasteiger partial charge in [-0.05, 0) is 63.1 Å². The lowest BCUT2D eigenvalue weighted by atomic mass is 10.1. The molecule has 6 rings (SSSR count). The number of carbonyl (C=O) groups is 1. The number of nitrogens with zero attached hydrogens (tertiary/aromatic N) is 5. The lowest BCUT2D eigenvalue weighted by Gasteiger charge is -2.28. The molecule has 2 fully saturated rings. The molecular weight excluding hydrogens is 466 g/mol. The van der Waals surface area contributed by atoms with Crippen LogP contribution in [0.2, 0.25) is 0 Å². The van der Waals surface area contributed by atoms with Crippen molar-refractivity contribution in [2.45, 2.75) is 38.8 Å². The molecule has 0 unspecified atom stereocenters. The first-order chi connectivity index (χ1) is 18.1. The van der Waals surface area contributed by atoms with Gasteiger partial charge in [-0.2, -0.15) is 0 Å². The summed E-state index contributed by atoms with van der Waals surface area (Å²) in [6, 6.07) is 16.4. The number of benzene rings is 2. The van der Waals surface area contributed by atoms with Crippen molar-refractivity contribution < 1.29 is 9.53 Å². The minimum absolute atomic E-state index is 0.0246. The first-order valence-corrected chi connectivity index (χ1v) is 12.9. The van der Waals surface area contributed by atoms with E-state index in [0.29, 0.717) is 22.9 Å². The Labute approximate surface area is 215 Å². The van der Waals surface area contributed by atoms with Crippen LogP contribution in [0.5, 0.6) is 0 Å². The molecule has 190 valence electrons. The third kappa shape index (κ3) is 4.86.